The van der Waals surface area contributed by atoms with Gasteiger partial charge in [-0.3, -0.25) is 4.79 Å². The van der Waals surface area contributed by atoms with Gasteiger partial charge in [0.2, 0.25) is 0 Å². The number of aryl methyl sites for hydroxylation is 1. The summed E-state index contributed by atoms with van der Waals surface area (Å²) >= 11 is 0. The zero-order valence-electron chi connectivity index (χ0n) is 9.68. The van der Waals surface area contributed by atoms with Crippen LogP contribution in [0.25, 0.3) is 0 Å². The van der Waals surface area contributed by atoms with Crippen molar-refractivity contribution in [2.75, 3.05) is 6.54 Å². The minimum absolute atomic E-state index is 0.460. The molecule has 1 aromatic rings. The minimum atomic E-state index is -0.792. The van der Waals surface area contributed by atoms with Crippen LogP contribution in [-0.2, 0) is 18.3 Å². The molecular weight excluding hydrogens is 208 g/mol. The molecule has 0 aromatic carbocycles. The zero-order chi connectivity index (χ0) is 12.0. The van der Waals surface area contributed by atoms with E-state index in [0.717, 1.165) is 12.2 Å². The highest BCUT2D eigenvalue weighted by molar-refractivity contribution is 5.73. The highest BCUT2D eigenvalue weighted by Crippen LogP contribution is 1.98. The lowest BCUT2D eigenvalue weighted by atomic mass is 10.1. The van der Waals surface area contributed by atoms with Gasteiger partial charge in [0.15, 0.2) is 0 Å². The van der Waals surface area contributed by atoms with E-state index in [2.05, 4.69) is 15.5 Å². The number of rotatable bonds is 7. The summed E-state index contributed by atoms with van der Waals surface area (Å²) in [4.78, 5) is 10.9. The fourth-order valence-corrected chi connectivity index (χ4v) is 1.49. The fraction of sp³-hybridized carbons (Fsp3) is 0.700. The summed E-state index contributed by atoms with van der Waals surface area (Å²) in [5.41, 5.74) is 0. The number of carbonyl (C=O) groups is 1. The third-order valence-electron chi connectivity index (χ3n) is 2.42. The molecule has 0 amide bonds. The lowest BCUT2D eigenvalue weighted by Gasteiger charge is -2.12. The molecule has 0 aliphatic carbocycles. The molecule has 0 aliphatic heterocycles. The molecule has 0 spiro atoms. The van der Waals surface area contributed by atoms with Gasteiger partial charge in [0.1, 0.15) is 18.2 Å². The maximum absolute atomic E-state index is 10.9. The molecule has 0 radical (unpaired) electrons. The SMILES string of the molecule is CCCC(NCCc1nncn1C)C(=O)O. The minimum Gasteiger partial charge on any atom is -0.480 e. The number of hydrogen-bond acceptors (Lipinski definition) is 4. The Morgan fingerprint density at radius 3 is 2.94 bits per heavy atom. The van der Waals surface area contributed by atoms with Crippen molar-refractivity contribution >= 4 is 5.97 Å². The van der Waals surface area contributed by atoms with E-state index < -0.39 is 12.0 Å². The summed E-state index contributed by atoms with van der Waals surface area (Å²) in [7, 11) is 1.87. The van der Waals surface area contributed by atoms with Crippen LogP contribution in [0.3, 0.4) is 0 Å². The number of aromatic nitrogens is 3. The Morgan fingerprint density at radius 1 is 1.69 bits per heavy atom. The van der Waals surface area contributed by atoms with Crippen LogP contribution in [0.4, 0.5) is 0 Å². The second-order valence-corrected chi connectivity index (χ2v) is 3.74. The molecule has 1 aromatic heterocycles. The molecule has 6 nitrogen and oxygen atoms in total. The van der Waals surface area contributed by atoms with Crippen LogP contribution in [0, 0.1) is 0 Å². The van der Waals surface area contributed by atoms with Crippen LogP contribution in [-0.4, -0.2) is 38.4 Å². The maximum atomic E-state index is 10.9. The summed E-state index contributed by atoms with van der Waals surface area (Å²) in [6.45, 7) is 2.57. The van der Waals surface area contributed by atoms with E-state index in [-0.39, 0.29) is 0 Å². The summed E-state index contributed by atoms with van der Waals surface area (Å²) in [5.74, 6) is 0.0629. The Bertz CT molecular complexity index is 337. The standard InChI is InChI=1S/C10H18N4O2/c1-3-4-8(10(15)16)11-6-5-9-13-12-7-14(9)2/h7-8,11H,3-6H2,1-2H3,(H,15,16). The van der Waals surface area contributed by atoms with Gasteiger partial charge in [0.05, 0.1) is 0 Å². The van der Waals surface area contributed by atoms with E-state index in [0.29, 0.717) is 19.4 Å². The van der Waals surface area contributed by atoms with Crippen LogP contribution < -0.4 is 5.32 Å². The van der Waals surface area contributed by atoms with Gasteiger partial charge in [0.25, 0.3) is 0 Å². The second kappa shape index (κ2) is 6.22. The molecule has 0 fully saturated rings. The Hall–Kier alpha value is -1.43. The summed E-state index contributed by atoms with van der Waals surface area (Å²) in [6, 6.07) is -0.460. The van der Waals surface area contributed by atoms with Crippen molar-refractivity contribution in [3.05, 3.63) is 12.2 Å². The number of carboxylic acid groups (broad SMARTS) is 1. The third-order valence-corrected chi connectivity index (χ3v) is 2.42. The molecule has 0 bridgehead atoms. The number of nitrogens with zero attached hydrogens (tertiary/aromatic N) is 3. The molecule has 0 saturated carbocycles. The first-order valence-electron chi connectivity index (χ1n) is 5.44. The van der Waals surface area contributed by atoms with Gasteiger partial charge in [-0.1, -0.05) is 13.3 Å². The third kappa shape index (κ3) is 3.62. The van der Waals surface area contributed by atoms with Crippen LogP contribution >= 0.6 is 0 Å². The van der Waals surface area contributed by atoms with Crippen molar-refractivity contribution in [3.8, 4) is 0 Å². The zero-order valence-corrected chi connectivity index (χ0v) is 9.68. The maximum Gasteiger partial charge on any atom is 0.320 e. The average molecular weight is 226 g/mol. The Labute approximate surface area is 94.7 Å². The van der Waals surface area contributed by atoms with Crippen LogP contribution in [0.2, 0.25) is 0 Å². The molecule has 6 heteroatoms. The molecule has 90 valence electrons. The van der Waals surface area contributed by atoms with Crippen molar-refractivity contribution < 1.29 is 9.90 Å². The Morgan fingerprint density at radius 2 is 2.44 bits per heavy atom. The molecular formula is C10H18N4O2. The quantitative estimate of drug-likeness (QED) is 0.694. The van der Waals surface area contributed by atoms with Gasteiger partial charge in [-0.15, -0.1) is 10.2 Å². The Balaban J connectivity index is 2.33. The molecule has 2 N–H and O–H groups in total. The van der Waals surface area contributed by atoms with Gasteiger partial charge in [-0.25, -0.2) is 0 Å². The Kier molecular flexibility index (Phi) is 4.91. The normalized spacial score (nSPS) is 12.6. The van der Waals surface area contributed by atoms with Crippen molar-refractivity contribution in [2.24, 2.45) is 7.05 Å². The van der Waals surface area contributed by atoms with Crippen molar-refractivity contribution in [3.63, 3.8) is 0 Å². The van der Waals surface area contributed by atoms with E-state index >= 15 is 0 Å². The van der Waals surface area contributed by atoms with Gasteiger partial charge < -0.3 is 15.0 Å². The van der Waals surface area contributed by atoms with Gasteiger partial charge in [-0.2, -0.15) is 0 Å². The number of hydrogen-bond donors (Lipinski definition) is 2. The topological polar surface area (TPSA) is 80.0 Å². The monoisotopic (exact) mass is 226 g/mol. The average Bonchev–Trinajstić information content (AvgIpc) is 2.63. The molecule has 1 unspecified atom stereocenters. The lowest BCUT2D eigenvalue weighted by molar-refractivity contribution is -0.139. The van der Waals surface area contributed by atoms with E-state index in [1.54, 1.807) is 6.33 Å². The van der Waals surface area contributed by atoms with E-state index in [1.165, 1.54) is 0 Å². The summed E-state index contributed by atoms with van der Waals surface area (Å²) < 4.78 is 1.83. The molecule has 0 saturated heterocycles. The first-order chi connectivity index (χ1) is 7.65. The first-order valence-corrected chi connectivity index (χ1v) is 5.44. The molecule has 0 aliphatic rings. The molecule has 1 atom stereocenters. The number of carboxylic acids is 1. The van der Waals surface area contributed by atoms with Gasteiger partial charge >= 0.3 is 5.97 Å². The summed E-state index contributed by atoms with van der Waals surface area (Å²) in [6.07, 6.45) is 3.82. The van der Waals surface area contributed by atoms with E-state index in [1.807, 2.05) is 18.5 Å². The predicted octanol–water partition coefficient (Wildman–Crippen LogP) is 0.200. The highest BCUT2D eigenvalue weighted by Gasteiger charge is 2.15. The highest BCUT2D eigenvalue weighted by atomic mass is 16.4. The van der Waals surface area contributed by atoms with Crippen molar-refractivity contribution in [1.29, 1.82) is 0 Å². The van der Waals surface area contributed by atoms with Gasteiger partial charge in [-0.05, 0) is 6.42 Å². The smallest absolute Gasteiger partial charge is 0.320 e. The van der Waals surface area contributed by atoms with E-state index in [4.69, 9.17) is 5.11 Å². The molecule has 16 heavy (non-hydrogen) atoms. The van der Waals surface area contributed by atoms with Crippen LogP contribution in [0.5, 0.6) is 0 Å². The largest absolute Gasteiger partial charge is 0.480 e. The number of nitrogens with one attached hydrogen (secondary N) is 1. The van der Waals surface area contributed by atoms with Crippen LogP contribution in [0.1, 0.15) is 25.6 Å². The molecule has 1 rings (SSSR count). The second-order valence-electron chi connectivity index (χ2n) is 3.74. The van der Waals surface area contributed by atoms with E-state index in [9.17, 15) is 4.79 Å². The van der Waals surface area contributed by atoms with Crippen molar-refractivity contribution in [1.82, 2.24) is 20.1 Å². The lowest BCUT2D eigenvalue weighted by Crippen LogP contribution is -2.37. The van der Waals surface area contributed by atoms with Gasteiger partial charge in [0, 0.05) is 20.0 Å². The summed E-state index contributed by atoms with van der Waals surface area (Å²) in [5, 5.41) is 19.6. The fourth-order valence-electron chi connectivity index (χ4n) is 1.49. The van der Waals surface area contributed by atoms with Crippen LogP contribution in [0.15, 0.2) is 6.33 Å². The number of aliphatic carboxylic acids is 1. The van der Waals surface area contributed by atoms with Crippen molar-refractivity contribution in [2.45, 2.75) is 32.2 Å². The first kappa shape index (κ1) is 12.6. The predicted molar refractivity (Wildman–Crippen MR) is 59.0 cm³/mol. The molecule has 1 heterocycles.